The van der Waals surface area contributed by atoms with Crippen LogP contribution in [0.15, 0.2) is 170 Å². The normalized spacial score (nSPS) is 14.6. The molecular weight excluding hydrogens is 611 g/mol. The molecular formula is C45H31N5. The molecule has 236 valence electrons. The van der Waals surface area contributed by atoms with Crippen molar-refractivity contribution in [3.63, 3.8) is 0 Å². The molecule has 0 spiro atoms. The first kappa shape index (κ1) is 28.4. The molecule has 0 radical (unpaired) electrons. The minimum Gasteiger partial charge on any atom is -0.333 e. The topological polar surface area (TPSA) is 48.5 Å². The molecule has 6 aromatic carbocycles. The van der Waals surface area contributed by atoms with E-state index in [1.54, 1.807) is 0 Å². The molecule has 0 aliphatic heterocycles. The molecule has 9 aromatic rings. The van der Waals surface area contributed by atoms with E-state index in [1.165, 1.54) is 43.6 Å². The van der Waals surface area contributed by atoms with Gasteiger partial charge in [0, 0.05) is 50.3 Å². The standard InChI is InChI=1S/C45H31N5/c1-4-15-30(16-5-1)43-46-44(31-17-6-2-7-18-31)48-45(47-43)32-19-14-22-34(27-32)50-40-26-13-11-24-36(40)38-28-37-35-23-10-12-25-39(35)49(41(37)29-42(38)50)33-20-8-3-9-21-33/h1-26,28-29,34H,27H2. The van der Waals surface area contributed by atoms with Gasteiger partial charge in [-0.05, 0) is 42.0 Å². The van der Waals surface area contributed by atoms with Gasteiger partial charge in [0.05, 0.1) is 22.6 Å². The highest BCUT2D eigenvalue weighted by Gasteiger charge is 2.24. The summed E-state index contributed by atoms with van der Waals surface area (Å²) in [5, 5.41) is 5.02. The predicted molar refractivity (Wildman–Crippen MR) is 205 cm³/mol. The monoisotopic (exact) mass is 641 g/mol. The van der Waals surface area contributed by atoms with Crippen LogP contribution in [0.3, 0.4) is 0 Å². The summed E-state index contributed by atoms with van der Waals surface area (Å²) in [4.78, 5) is 15.1. The summed E-state index contributed by atoms with van der Waals surface area (Å²) < 4.78 is 4.91. The van der Waals surface area contributed by atoms with Crippen LogP contribution in [0.5, 0.6) is 0 Å². The lowest BCUT2D eigenvalue weighted by Gasteiger charge is -2.22. The Morgan fingerprint density at radius 3 is 1.68 bits per heavy atom. The van der Waals surface area contributed by atoms with Crippen LogP contribution in [-0.4, -0.2) is 24.1 Å². The fraction of sp³-hybridized carbons (Fsp3) is 0.0444. The van der Waals surface area contributed by atoms with Crippen molar-refractivity contribution in [3.8, 4) is 28.5 Å². The molecule has 5 heteroatoms. The highest BCUT2D eigenvalue weighted by Crippen LogP contribution is 2.42. The quantitative estimate of drug-likeness (QED) is 0.188. The molecule has 1 atom stereocenters. The predicted octanol–water partition coefficient (Wildman–Crippen LogP) is 11.0. The number of nitrogens with zero attached hydrogens (tertiary/aromatic N) is 5. The van der Waals surface area contributed by atoms with E-state index in [-0.39, 0.29) is 6.04 Å². The van der Waals surface area contributed by atoms with Gasteiger partial charge in [0.1, 0.15) is 0 Å². The van der Waals surface area contributed by atoms with Crippen LogP contribution >= 0.6 is 0 Å². The van der Waals surface area contributed by atoms with Gasteiger partial charge < -0.3 is 9.13 Å². The van der Waals surface area contributed by atoms with Crippen LogP contribution in [0.25, 0.3) is 77.6 Å². The average molecular weight is 642 g/mol. The molecule has 3 heterocycles. The highest BCUT2D eigenvalue weighted by molar-refractivity contribution is 6.18. The van der Waals surface area contributed by atoms with Gasteiger partial charge in [0.25, 0.3) is 0 Å². The number of rotatable bonds is 5. The summed E-state index contributed by atoms with van der Waals surface area (Å²) in [6.07, 6.45) is 7.38. The Labute approximate surface area is 289 Å². The number of fused-ring (bicyclic) bond motifs is 6. The largest absolute Gasteiger partial charge is 0.333 e. The third-order valence-electron chi connectivity index (χ3n) is 9.90. The Hall–Kier alpha value is -6.59. The van der Waals surface area contributed by atoms with Crippen LogP contribution in [0.2, 0.25) is 0 Å². The number of para-hydroxylation sites is 3. The summed E-state index contributed by atoms with van der Waals surface area (Å²) in [5.41, 5.74) is 9.00. The van der Waals surface area contributed by atoms with E-state index < -0.39 is 0 Å². The number of aromatic nitrogens is 5. The van der Waals surface area contributed by atoms with Gasteiger partial charge in [0.2, 0.25) is 0 Å². The maximum atomic E-state index is 5.07. The van der Waals surface area contributed by atoms with Gasteiger partial charge in [0.15, 0.2) is 17.5 Å². The zero-order chi connectivity index (χ0) is 33.0. The SMILES string of the molecule is C1=CC(n2c3ccccc3c3cc4c5ccccc5n(-c5ccccc5)c4cc32)CC(c2nc(-c3ccccc3)nc(-c3ccccc3)n2)=C1. The summed E-state index contributed by atoms with van der Waals surface area (Å²) in [7, 11) is 0. The van der Waals surface area contributed by atoms with Crippen molar-refractivity contribution in [2.24, 2.45) is 0 Å². The molecule has 3 aromatic heterocycles. The van der Waals surface area contributed by atoms with Gasteiger partial charge in [-0.2, -0.15) is 0 Å². The molecule has 50 heavy (non-hydrogen) atoms. The van der Waals surface area contributed by atoms with Crippen LogP contribution < -0.4 is 0 Å². The van der Waals surface area contributed by atoms with E-state index in [4.69, 9.17) is 15.0 Å². The van der Waals surface area contributed by atoms with Gasteiger partial charge >= 0.3 is 0 Å². The van der Waals surface area contributed by atoms with Gasteiger partial charge in [-0.15, -0.1) is 0 Å². The number of allylic oxidation sites excluding steroid dienone is 4. The average Bonchev–Trinajstić information content (AvgIpc) is 3.70. The maximum Gasteiger partial charge on any atom is 0.164 e. The van der Waals surface area contributed by atoms with Crippen molar-refractivity contribution in [2.75, 3.05) is 0 Å². The number of hydrogen-bond donors (Lipinski definition) is 0. The summed E-state index contributed by atoms with van der Waals surface area (Å²) in [5.74, 6) is 2.06. The van der Waals surface area contributed by atoms with Gasteiger partial charge in [-0.1, -0.05) is 133 Å². The van der Waals surface area contributed by atoms with E-state index >= 15 is 0 Å². The lowest BCUT2D eigenvalue weighted by molar-refractivity contribution is 0.653. The van der Waals surface area contributed by atoms with Crippen LogP contribution in [-0.2, 0) is 0 Å². The molecule has 1 aliphatic carbocycles. The molecule has 0 fully saturated rings. The van der Waals surface area contributed by atoms with Crippen LogP contribution in [0.1, 0.15) is 18.3 Å². The lowest BCUT2D eigenvalue weighted by Crippen LogP contribution is -2.11. The third kappa shape index (κ3) is 4.59. The van der Waals surface area contributed by atoms with E-state index in [9.17, 15) is 0 Å². The van der Waals surface area contributed by atoms with E-state index in [0.717, 1.165) is 28.8 Å². The summed E-state index contributed by atoms with van der Waals surface area (Å²) in [6, 6.07) is 53.4. The zero-order valence-electron chi connectivity index (χ0n) is 27.2. The molecule has 10 rings (SSSR count). The van der Waals surface area contributed by atoms with Crippen molar-refractivity contribution in [1.29, 1.82) is 0 Å². The maximum absolute atomic E-state index is 5.07. The van der Waals surface area contributed by atoms with Gasteiger partial charge in [-0.3, -0.25) is 0 Å². The molecule has 1 aliphatic rings. The minimum atomic E-state index is 0.0570. The molecule has 0 N–H and O–H groups in total. The summed E-state index contributed by atoms with van der Waals surface area (Å²) >= 11 is 0. The second-order valence-corrected chi connectivity index (χ2v) is 12.8. The van der Waals surface area contributed by atoms with Crippen molar-refractivity contribution < 1.29 is 0 Å². The number of hydrogen-bond acceptors (Lipinski definition) is 3. The van der Waals surface area contributed by atoms with E-state index in [1.807, 2.05) is 36.4 Å². The molecule has 0 amide bonds. The molecule has 0 saturated heterocycles. The molecule has 0 saturated carbocycles. The van der Waals surface area contributed by atoms with Crippen molar-refractivity contribution in [3.05, 3.63) is 176 Å². The fourth-order valence-electron chi connectivity index (χ4n) is 7.63. The second kappa shape index (κ2) is 11.5. The Balaban J connectivity index is 1.15. The van der Waals surface area contributed by atoms with Crippen LogP contribution in [0, 0.1) is 0 Å². The number of benzene rings is 6. The van der Waals surface area contributed by atoms with Crippen molar-refractivity contribution >= 4 is 49.2 Å². The molecule has 1 unspecified atom stereocenters. The molecule has 5 nitrogen and oxygen atoms in total. The van der Waals surface area contributed by atoms with E-state index in [2.05, 4.69) is 143 Å². The third-order valence-corrected chi connectivity index (χ3v) is 9.90. The lowest BCUT2D eigenvalue weighted by atomic mass is 9.99. The first-order chi connectivity index (χ1) is 24.8. The van der Waals surface area contributed by atoms with E-state index in [0.29, 0.717) is 17.5 Å². The fourth-order valence-corrected chi connectivity index (χ4v) is 7.63. The Bertz CT molecular complexity index is 2720. The first-order valence-electron chi connectivity index (χ1n) is 17.1. The zero-order valence-corrected chi connectivity index (χ0v) is 27.2. The Morgan fingerprint density at radius 2 is 1.00 bits per heavy atom. The van der Waals surface area contributed by atoms with Gasteiger partial charge in [-0.25, -0.2) is 15.0 Å². The molecule has 0 bridgehead atoms. The Morgan fingerprint density at radius 1 is 0.460 bits per heavy atom. The Kier molecular flexibility index (Phi) is 6.56. The smallest absolute Gasteiger partial charge is 0.164 e. The van der Waals surface area contributed by atoms with Crippen LogP contribution in [0.4, 0.5) is 0 Å². The highest BCUT2D eigenvalue weighted by atomic mass is 15.1. The van der Waals surface area contributed by atoms with Crippen molar-refractivity contribution in [2.45, 2.75) is 12.5 Å². The minimum absolute atomic E-state index is 0.0570. The first-order valence-corrected chi connectivity index (χ1v) is 17.1. The second-order valence-electron chi connectivity index (χ2n) is 12.8. The van der Waals surface area contributed by atoms with Crippen molar-refractivity contribution in [1.82, 2.24) is 24.1 Å². The summed E-state index contributed by atoms with van der Waals surface area (Å²) in [6.45, 7) is 0.